The van der Waals surface area contributed by atoms with E-state index in [-0.39, 0.29) is 6.42 Å². The molecule has 0 aliphatic rings. The Morgan fingerprint density at radius 3 is 2.24 bits per heavy atom. The van der Waals surface area contributed by atoms with Gasteiger partial charge in [-0.25, -0.2) is 0 Å². The normalized spacial score (nSPS) is 11.9. The van der Waals surface area contributed by atoms with Gasteiger partial charge in [0.05, 0.1) is 9.99 Å². The standard InChI is InChI=1S/C34H31IN2O4/c1-37(2)19-20-40-31-22-26(17-18-30(31)35)36-34(39)33(29-16-8-12-24-10-4-6-15-28(24)29)41-32(38)21-25-13-7-11-23-9-3-5-14-27(23)25/h3-18,22,33H,19-21H2,1-2H3,(H,36,39). The van der Waals surface area contributed by atoms with Gasteiger partial charge in [-0.05, 0) is 75.9 Å². The number of ether oxygens (including phenoxy) is 2. The monoisotopic (exact) mass is 658 g/mol. The molecule has 1 N–H and O–H groups in total. The molecule has 1 amide bonds. The number of carbonyl (C=O) groups excluding carboxylic acids is 2. The van der Waals surface area contributed by atoms with Gasteiger partial charge < -0.3 is 19.7 Å². The lowest BCUT2D eigenvalue weighted by Gasteiger charge is -2.20. The number of nitrogens with zero attached hydrogens (tertiary/aromatic N) is 1. The summed E-state index contributed by atoms with van der Waals surface area (Å²) in [5.74, 6) is -0.238. The minimum absolute atomic E-state index is 0.0449. The fourth-order valence-electron chi connectivity index (χ4n) is 4.75. The van der Waals surface area contributed by atoms with E-state index in [4.69, 9.17) is 9.47 Å². The van der Waals surface area contributed by atoms with Gasteiger partial charge in [0, 0.05) is 23.9 Å². The average Bonchev–Trinajstić information content (AvgIpc) is 2.97. The average molecular weight is 659 g/mol. The second-order valence-corrected chi connectivity index (χ2v) is 11.2. The smallest absolute Gasteiger partial charge is 0.311 e. The number of hydrogen-bond donors (Lipinski definition) is 1. The molecule has 5 rings (SSSR count). The van der Waals surface area contributed by atoms with Crippen molar-refractivity contribution < 1.29 is 19.1 Å². The molecular weight excluding hydrogens is 627 g/mol. The first kappa shape index (κ1) is 28.6. The Morgan fingerprint density at radius 1 is 0.829 bits per heavy atom. The van der Waals surface area contributed by atoms with Gasteiger partial charge >= 0.3 is 5.97 Å². The third-order valence-corrected chi connectivity index (χ3v) is 7.69. The van der Waals surface area contributed by atoms with Crippen molar-refractivity contribution >= 4 is 61.7 Å². The van der Waals surface area contributed by atoms with Crippen LogP contribution in [0.5, 0.6) is 5.75 Å². The minimum Gasteiger partial charge on any atom is -0.491 e. The summed E-state index contributed by atoms with van der Waals surface area (Å²) in [5.41, 5.74) is 2.03. The Hall–Kier alpha value is -3.95. The van der Waals surface area contributed by atoms with Gasteiger partial charge in [0.2, 0.25) is 6.10 Å². The van der Waals surface area contributed by atoms with Crippen LogP contribution < -0.4 is 10.1 Å². The van der Waals surface area contributed by atoms with Crippen LogP contribution in [0.1, 0.15) is 17.2 Å². The molecule has 1 unspecified atom stereocenters. The van der Waals surface area contributed by atoms with Gasteiger partial charge in [0.25, 0.3) is 5.91 Å². The van der Waals surface area contributed by atoms with Crippen molar-refractivity contribution in [2.75, 3.05) is 32.6 Å². The van der Waals surface area contributed by atoms with Gasteiger partial charge in [-0.2, -0.15) is 0 Å². The number of halogens is 1. The lowest BCUT2D eigenvalue weighted by molar-refractivity contribution is -0.154. The van der Waals surface area contributed by atoms with E-state index in [1.54, 1.807) is 6.07 Å². The van der Waals surface area contributed by atoms with Crippen molar-refractivity contribution in [1.29, 1.82) is 0 Å². The molecule has 0 saturated carbocycles. The first-order valence-corrected chi connectivity index (χ1v) is 14.5. The molecule has 0 aliphatic heterocycles. The predicted molar refractivity (Wildman–Crippen MR) is 172 cm³/mol. The summed E-state index contributed by atoms with van der Waals surface area (Å²) in [7, 11) is 3.97. The Labute approximate surface area is 253 Å². The highest BCUT2D eigenvalue weighted by Gasteiger charge is 2.27. The number of benzene rings is 5. The minimum atomic E-state index is -1.15. The molecule has 0 fully saturated rings. The summed E-state index contributed by atoms with van der Waals surface area (Å²) in [5, 5.41) is 6.80. The number of likely N-dealkylation sites (N-methyl/N-ethyl adjacent to an activating group) is 1. The van der Waals surface area contributed by atoms with Crippen molar-refractivity contribution in [3.8, 4) is 5.75 Å². The lowest BCUT2D eigenvalue weighted by atomic mass is 9.99. The molecule has 0 aromatic heterocycles. The number of amides is 1. The molecule has 0 radical (unpaired) electrons. The summed E-state index contributed by atoms with van der Waals surface area (Å²) < 4.78 is 12.9. The van der Waals surface area contributed by atoms with Gasteiger partial charge in [-0.1, -0.05) is 84.9 Å². The van der Waals surface area contributed by atoms with Crippen LogP contribution in [-0.2, 0) is 20.7 Å². The van der Waals surface area contributed by atoms with E-state index in [1.165, 1.54) is 0 Å². The van der Waals surface area contributed by atoms with E-state index < -0.39 is 18.0 Å². The van der Waals surface area contributed by atoms with Gasteiger partial charge in [-0.3, -0.25) is 9.59 Å². The highest BCUT2D eigenvalue weighted by atomic mass is 127. The molecule has 7 heteroatoms. The fourth-order valence-corrected chi connectivity index (χ4v) is 5.24. The highest BCUT2D eigenvalue weighted by Crippen LogP contribution is 2.30. The molecule has 1 atom stereocenters. The quantitative estimate of drug-likeness (QED) is 0.129. The van der Waals surface area contributed by atoms with E-state index in [0.717, 1.165) is 37.2 Å². The Bertz CT molecular complexity index is 1690. The summed E-state index contributed by atoms with van der Waals surface area (Å²) in [6.07, 6.45) is -1.11. The first-order valence-electron chi connectivity index (χ1n) is 13.4. The molecule has 5 aromatic carbocycles. The Balaban J connectivity index is 1.42. The van der Waals surface area contributed by atoms with Crippen molar-refractivity contribution in [1.82, 2.24) is 4.90 Å². The molecular formula is C34H31IN2O4. The zero-order chi connectivity index (χ0) is 28.8. The van der Waals surface area contributed by atoms with Crippen LogP contribution in [0.15, 0.2) is 103 Å². The molecule has 0 spiro atoms. The van der Waals surface area contributed by atoms with Gasteiger partial charge in [-0.15, -0.1) is 0 Å². The predicted octanol–water partition coefficient (Wildman–Crippen LogP) is 7.00. The van der Waals surface area contributed by atoms with Crippen LogP contribution in [0.25, 0.3) is 21.5 Å². The Kier molecular flexibility index (Phi) is 9.16. The van der Waals surface area contributed by atoms with Crippen LogP contribution >= 0.6 is 22.6 Å². The molecule has 0 bridgehead atoms. The van der Waals surface area contributed by atoms with E-state index in [0.29, 0.717) is 23.6 Å². The van der Waals surface area contributed by atoms with Crippen LogP contribution in [0.3, 0.4) is 0 Å². The molecule has 208 valence electrons. The lowest BCUT2D eigenvalue weighted by Crippen LogP contribution is -2.27. The number of hydrogen-bond acceptors (Lipinski definition) is 5. The van der Waals surface area contributed by atoms with Crippen LogP contribution in [0.2, 0.25) is 0 Å². The zero-order valence-electron chi connectivity index (χ0n) is 23.0. The maximum atomic E-state index is 13.8. The second-order valence-electron chi connectivity index (χ2n) is 10.0. The van der Waals surface area contributed by atoms with Crippen molar-refractivity contribution in [2.45, 2.75) is 12.5 Å². The SMILES string of the molecule is CN(C)CCOc1cc(NC(=O)C(OC(=O)Cc2cccc3ccccc23)c2cccc3ccccc23)ccc1I. The topological polar surface area (TPSA) is 67.9 Å². The summed E-state index contributed by atoms with van der Waals surface area (Å²) in [6, 6.07) is 32.7. The maximum Gasteiger partial charge on any atom is 0.311 e. The summed E-state index contributed by atoms with van der Waals surface area (Å²) in [6.45, 7) is 1.29. The number of rotatable bonds is 10. The van der Waals surface area contributed by atoms with Crippen molar-refractivity contribution in [3.63, 3.8) is 0 Å². The number of anilines is 1. The van der Waals surface area contributed by atoms with E-state index in [9.17, 15) is 9.59 Å². The number of nitrogens with one attached hydrogen (secondary N) is 1. The largest absolute Gasteiger partial charge is 0.491 e. The van der Waals surface area contributed by atoms with Gasteiger partial charge in [0.15, 0.2) is 0 Å². The first-order chi connectivity index (χ1) is 19.9. The van der Waals surface area contributed by atoms with Gasteiger partial charge in [0.1, 0.15) is 12.4 Å². The number of fused-ring (bicyclic) bond motifs is 2. The third-order valence-electron chi connectivity index (χ3n) is 6.80. The van der Waals surface area contributed by atoms with Crippen LogP contribution in [-0.4, -0.2) is 44.0 Å². The van der Waals surface area contributed by atoms with E-state index in [1.807, 2.05) is 116 Å². The molecule has 6 nitrogen and oxygen atoms in total. The Morgan fingerprint density at radius 2 is 1.49 bits per heavy atom. The molecule has 41 heavy (non-hydrogen) atoms. The highest BCUT2D eigenvalue weighted by molar-refractivity contribution is 14.1. The summed E-state index contributed by atoms with van der Waals surface area (Å²) in [4.78, 5) is 29.2. The van der Waals surface area contributed by atoms with Crippen LogP contribution in [0.4, 0.5) is 5.69 Å². The molecule has 0 heterocycles. The molecule has 5 aromatic rings. The number of esters is 1. The van der Waals surface area contributed by atoms with Crippen molar-refractivity contribution in [3.05, 3.63) is 118 Å². The zero-order valence-corrected chi connectivity index (χ0v) is 25.1. The third kappa shape index (κ3) is 7.04. The fraction of sp³-hybridized carbons (Fsp3) is 0.176. The number of carbonyl (C=O) groups is 2. The second kappa shape index (κ2) is 13.1. The van der Waals surface area contributed by atoms with E-state index >= 15 is 0 Å². The molecule has 0 aliphatic carbocycles. The maximum absolute atomic E-state index is 13.8. The molecule has 0 saturated heterocycles. The van der Waals surface area contributed by atoms with E-state index in [2.05, 4.69) is 27.9 Å². The summed E-state index contributed by atoms with van der Waals surface area (Å²) >= 11 is 2.21. The van der Waals surface area contributed by atoms with Crippen molar-refractivity contribution in [2.24, 2.45) is 0 Å². The van der Waals surface area contributed by atoms with Crippen LogP contribution in [0, 0.1) is 3.57 Å².